The number of carbonyl (C=O) groups is 1. The molecule has 0 radical (unpaired) electrons. The average Bonchev–Trinajstić information content (AvgIpc) is 2.67. The molecule has 0 aliphatic carbocycles. The maximum atomic E-state index is 13.6. The fourth-order valence-electron chi connectivity index (χ4n) is 3.15. The minimum absolute atomic E-state index is 0.00164. The van der Waals surface area contributed by atoms with Gasteiger partial charge in [0.05, 0.1) is 20.8 Å². The number of rotatable bonds is 6. The van der Waals surface area contributed by atoms with Gasteiger partial charge < -0.3 is 19.7 Å². The molecule has 0 spiro atoms. The van der Waals surface area contributed by atoms with Crippen molar-refractivity contribution in [2.45, 2.75) is 19.5 Å². The molecule has 0 fully saturated rings. The molecule has 5 nitrogen and oxygen atoms in total. The van der Waals surface area contributed by atoms with Crippen LogP contribution >= 0.6 is 0 Å². The predicted molar refractivity (Wildman–Crippen MR) is 96.8 cm³/mol. The zero-order chi connectivity index (χ0) is 18.5. The quantitative estimate of drug-likeness (QED) is 0.862. The van der Waals surface area contributed by atoms with Crippen LogP contribution in [0.3, 0.4) is 0 Å². The summed E-state index contributed by atoms with van der Waals surface area (Å²) in [6.45, 7) is 1.70. The summed E-state index contributed by atoms with van der Waals surface area (Å²) < 4.78 is 24.3. The first-order valence-corrected chi connectivity index (χ1v) is 8.58. The van der Waals surface area contributed by atoms with Gasteiger partial charge in [-0.15, -0.1) is 0 Å². The summed E-state index contributed by atoms with van der Waals surface area (Å²) in [5.41, 5.74) is 2.79. The smallest absolute Gasteiger partial charge is 0.236 e. The zero-order valence-corrected chi connectivity index (χ0v) is 15.0. The Morgan fingerprint density at radius 2 is 1.85 bits per heavy atom. The summed E-state index contributed by atoms with van der Waals surface area (Å²) in [6.07, 6.45) is 0.773. The molecule has 3 rings (SSSR count). The van der Waals surface area contributed by atoms with Gasteiger partial charge in [0.25, 0.3) is 0 Å². The maximum absolute atomic E-state index is 13.6. The predicted octanol–water partition coefficient (Wildman–Crippen LogP) is 2.52. The standard InChI is InChI=1S/C20H23FN2O3/c1-25-18-9-14-7-8-23(13-16(14)10-19(18)26-2)20(24)12-22-11-15-5-3-4-6-17(15)21/h3-6,9-10,22H,7-8,11-13H2,1-2H3. The minimum atomic E-state index is -0.264. The lowest BCUT2D eigenvalue weighted by atomic mass is 9.98. The SMILES string of the molecule is COc1cc2c(cc1OC)CN(C(=O)CNCc1ccccc1F)CC2. The van der Waals surface area contributed by atoms with Gasteiger partial charge in [-0.3, -0.25) is 4.79 Å². The second-order valence-electron chi connectivity index (χ2n) is 6.24. The van der Waals surface area contributed by atoms with E-state index in [1.54, 1.807) is 32.4 Å². The Morgan fingerprint density at radius 3 is 2.54 bits per heavy atom. The van der Waals surface area contributed by atoms with E-state index in [-0.39, 0.29) is 18.3 Å². The third-order valence-electron chi connectivity index (χ3n) is 4.62. The van der Waals surface area contributed by atoms with Crippen LogP contribution in [0.1, 0.15) is 16.7 Å². The number of nitrogens with one attached hydrogen (secondary N) is 1. The van der Waals surface area contributed by atoms with Crippen LogP contribution in [0.5, 0.6) is 11.5 Å². The van der Waals surface area contributed by atoms with Crippen molar-refractivity contribution in [2.24, 2.45) is 0 Å². The number of hydrogen-bond acceptors (Lipinski definition) is 4. The van der Waals surface area contributed by atoms with Crippen LogP contribution in [0.4, 0.5) is 4.39 Å². The highest BCUT2D eigenvalue weighted by atomic mass is 19.1. The van der Waals surface area contributed by atoms with E-state index < -0.39 is 0 Å². The van der Waals surface area contributed by atoms with Crippen LogP contribution in [-0.2, 0) is 24.3 Å². The second kappa shape index (κ2) is 8.19. The van der Waals surface area contributed by atoms with E-state index >= 15 is 0 Å². The lowest BCUT2D eigenvalue weighted by Crippen LogP contribution is -2.41. The third kappa shape index (κ3) is 3.96. The van der Waals surface area contributed by atoms with Gasteiger partial charge in [-0.05, 0) is 35.7 Å². The van der Waals surface area contributed by atoms with E-state index in [9.17, 15) is 9.18 Å². The number of hydrogen-bond donors (Lipinski definition) is 1. The van der Waals surface area contributed by atoms with E-state index in [0.29, 0.717) is 36.7 Å². The molecule has 0 unspecified atom stereocenters. The maximum Gasteiger partial charge on any atom is 0.236 e. The number of ether oxygens (including phenoxy) is 2. The molecule has 1 heterocycles. The highest BCUT2D eigenvalue weighted by Gasteiger charge is 2.22. The molecule has 1 aliphatic heterocycles. The molecule has 1 aliphatic rings. The molecule has 1 amide bonds. The van der Waals surface area contributed by atoms with E-state index in [1.807, 2.05) is 17.0 Å². The highest BCUT2D eigenvalue weighted by Crippen LogP contribution is 2.33. The van der Waals surface area contributed by atoms with Crippen LogP contribution in [-0.4, -0.2) is 38.1 Å². The van der Waals surface area contributed by atoms with E-state index in [4.69, 9.17) is 9.47 Å². The first kappa shape index (κ1) is 18.2. The van der Waals surface area contributed by atoms with Gasteiger partial charge in [-0.1, -0.05) is 18.2 Å². The summed E-state index contributed by atoms with van der Waals surface area (Å²) in [4.78, 5) is 14.3. The average molecular weight is 358 g/mol. The summed E-state index contributed by atoms with van der Waals surface area (Å²) in [5, 5.41) is 3.03. The van der Waals surface area contributed by atoms with Gasteiger partial charge in [0.2, 0.25) is 5.91 Å². The summed E-state index contributed by atoms with van der Waals surface area (Å²) >= 11 is 0. The Labute approximate surface area is 152 Å². The number of benzene rings is 2. The number of methoxy groups -OCH3 is 2. The third-order valence-corrected chi connectivity index (χ3v) is 4.62. The molecule has 6 heteroatoms. The van der Waals surface area contributed by atoms with Crippen molar-refractivity contribution < 1.29 is 18.7 Å². The molecule has 0 saturated carbocycles. The lowest BCUT2D eigenvalue weighted by Gasteiger charge is -2.29. The minimum Gasteiger partial charge on any atom is -0.493 e. The van der Waals surface area contributed by atoms with Crippen LogP contribution in [0.2, 0.25) is 0 Å². The molecule has 2 aromatic rings. The number of carbonyl (C=O) groups excluding carboxylic acids is 1. The Morgan fingerprint density at radius 1 is 1.15 bits per heavy atom. The van der Waals surface area contributed by atoms with E-state index in [1.165, 1.54) is 11.6 Å². The van der Waals surface area contributed by atoms with Gasteiger partial charge in [0.1, 0.15) is 5.82 Å². The lowest BCUT2D eigenvalue weighted by molar-refractivity contribution is -0.131. The first-order valence-electron chi connectivity index (χ1n) is 8.58. The van der Waals surface area contributed by atoms with Crippen LogP contribution < -0.4 is 14.8 Å². The van der Waals surface area contributed by atoms with Crippen molar-refractivity contribution in [3.63, 3.8) is 0 Å². The van der Waals surface area contributed by atoms with Crippen molar-refractivity contribution in [2.75, 3.05) is 27.3 Å². The highest BCUT2D eigenvalue weighted by molar-refractivity contribution is 5.78. The second-order valence-corrected chi connectivity index (χ2v) is 6.24. The van der Waals surface area contributed by atoms with Crippen LogP contribution in [0, 0.1) is 5.82 Å². The molecular formula is C20H23FN2O3. The topological polar surface area (TPSA) is 50.8 Å². The Kier molecular flexibility index (Phi) is 5.73. The summed E-state index contributed by atoms with van der Waals surface area (Å²) in [7, 11) is 3.22. The van der Waals surface area contributed by atoms with Gasteiger partial charge in [-0.2, -0.15) is 0 Å². The molecule has 0 saturated heterocycles. The van der Waals surface area contributed by atoms with Crippen molar-refractivity contribution in [3.8, 4) is 11.5 Å². The van der Waals surface area contributed by atoms with Gasteiger partial charge in [-0.25, -0.2) is 4.39 Å². The van der Waals surface area contributed by atoms with E-state index in [0.717, 1.165) is 12.0 Å². The monoisotopic (exact) mass is 358 g/mol. The molecular weight excluding hydrogens is 335 g/mol. The molecule has 26 heavy (non-hydrogen) atoms. The van der Waals surface area contributed by atoms with Crippen LogP contribution in [0.15, 0.2) is 36.4 Å². The van der Waals surface area contributed by atoms with Gasteiger partial charge in [0.15, 0.2) is 11.5 Å². The van der Waals surface area contributed by atoms with Gasteiger partial charge >= 0.3 is 0 Å². The number of amides is 1. The Balaban J connectivity index is 1.59. The summed E-state index contributed by atoms with van der Waals surface area (Å²) in [6, 6.07) is 10.5. The molecule has 138 valence electrons. The number of nitrogens with zero attached hydrogens (tertiary/aromatic N) is 1. The number of halogens is 1. The molecule has 0 aromatic heterocycles. The molecule has 0 bridgehead atoms. The Bertz CT molecular complexity index is 795. The Hall–Kier alpha value is -2.60. The van der Waals surface area contributed by atoms with Crippen molar-refractivity contribution in [1.82, 2.24) is 10.2 Å². The fraction of sp³-hybridized carbons (Fsp3) is 0.350. The van der Waals surface area contributed by atoms with E-state index in [2.05, 4.69) is 5.32 Å². The molecule has 2 aromatic carbocycles. The van der Waals surface area contributed by atoms with Crippen LogP contribution in [0.25, 0.3) is 0 Å². The normalized spacial score (nSPS) is 13.3. The fourth-order valence-corrected chi connectivity index (χ4v) is 3.15. The van der Waals surface area contributed by atoms with Crippen molar-refractivity contribution >= 4 is 5.91 Å². The van der Waals surface area contributed by atoms with Crippen molar-refractivity contribution in [1.29, 1.82) is 0 Å². The van der Waals surface area contributed by atoms with Crippen molar-refractivity contribution in [3.05, 3.63) is 58.9 Å². The molecule has 0 atom stereocenters. The summed E-state index contributed by atoms with van der Waals surface area (Å²) in [5.74, 6) is 1.11. The number of fused-ring (bicyclic) bond motifs is 1. The van der Waals surface area contributed by atoms with Gasteiger partial charge in [0, 0.05) is 25.2 Å². The largest absolute Gasteiger partial charge is 0.493 e. The zero-order valence-electron chi connectivity index (χ0n) is 15.0. The molecule has 1 N–H and O–H groups in total. The first-order chi connectivity index (χ1) is 12.6.